The summed E-state index contributed by atoms with van der Waals surface area (Å²) in [5, 5.41) is 2.58. The summed E-state index contributed by atoms with van der Waals surface area (Å²) >= 11 is 1.70. The summed E-state index contributed by atoms with van der Waals surface area (Å²) in [7, 11) is 0. The van der Waals surface area contributed by atoms with E-state index in [1.54, 1.807) is 16.7 Å². The number of hydrogen-bond acceptors (Lipinski definition) is 5. The van der Waals surface area contributed by atoms with Gasteiger partial charge in [0.05, 0.1) is 5.69 Å². The minimum Gasteiger partial charge on any atom is -0.395 e. The van der Waals surface area contributed by atoms with E-state index in [4.69, 9.17) is 0 Å². The van der Waals surface area contributed by atoms with Gasteiger partial charge in [-0.05, 0) is 24.3 Å². The lowest BCUT2D eigenvalue weighted by Gasteiger charge is -2.29. The summed E-state index contributed by atoms with van der Waals surface area (Å²) in [6.07, 6.45) is -3.68. The van der Waals surface area contributed by atoms with Crippen LogP contribution in [0.4, 0.5) is 20.2 Å². The van der Waals surface area contributed by atoms with Crippen molar-refractivity contribution in [2.75, 3.05) is 22.5 Å². The van der Waals surface area contributed by atoms with Crippen LogP contribution in [0.1, 0.15) is 12.8 Å². The van der Waals surface area contributed by atoms with Crippen LogP contribution < -0.4 is 19.7 Å². The van der Waals surface area contributed by atoms with Crippen molar-refractivity contribution >= 4 is 35.0 Å². The summed E-state index contributed by atoms with van der Waals surface area (Å²) in [6.45, 7) is 0.596. The smallest absolute Gasteiger partial charge is 0.395 e. The summed E-state index contributed by atoms with van der Waals surface area (Å²) in [5.74, 6) is 0.0320. The molecule has 6 nitrogen and oxygen atoms in total. The fourth-order valence-corrected chi connectivity index (χ4v) is 4.03. The molecule has 4 rings (SSSR count). The molecule has 2 aromatic rings. The van der Waals surface area contributed by atoms with Crippen LogP contribution >= 0.6 is 11.8 Å². The van der Waals surface area contributed by atoms with Crippen molar-refractivity contribution in [3.63, 3.8) is 0 Å². The molecule has 0 unspecified atom stereocenters. The van der Waals surface area contributed by atoms with E-state index in [9.17, 15) is 18.4 Å². The van der Waals surface area contributed by atoms with Crippen molar-refractivity contribution in [3.8, 4) is 11.5 Å². The van der Waals surface area contributed by atoms with E-state index >= 15 is 0 Å². The van der Waals surface area contributed by atoms with Gasteiger partial charge in [-0.3, -0.25) is 9.59 Å². The lowest BCUT2D eigenvalue weighted by molar-refractivity contribution is -0.286. The van der Waals surface area contributed by atoms with Crippen LogP contribution in [0.25, 0.3) is 0 Å². The zero-order chi connectivity index (χ0) is 19.7. The highest BCUT2D eigenvalue weighted by Crippen LogP contribution is 2.42. The van der Waals surface area contributed by atoms with Crippen LogP contribution in [0.5, 0.6) is 11.5 Å². The van der Waals surface area contributed by atoms with Crippen LogP contribution in [0.2, 0.25) is 0 Å². The monoisotopic (exact) mass is 406 g/mol. The lowest BCUT2D eigenvalue weighted by Crippen LogP contribution is -2.35. The number of thioether (sulfide) groups is 1. The molecule has 0 aliphatic carbocycles. The maximum atomic E-state index is 13.0. The first-order chi connectivity index (χ1) is 13.4. The molecule has 2 amide bonds. The molecule has 9 heteroatoms. The van der Waals surface area contributed by atoms with E-state index in [0.29, 0.717) is 6.54 Å². The number of anilines is 2. The van der Waals surface area contributed by atoms with Gasteiger partial charge in [0.1, 0.15) is 0 Å². The summed E-state index contributed by atoms with van der Waals surface area (Å²) in [6, 6.07) is 11.6. The number of para-hydroxylation sites is 1. The van der Waals surface area contributed by atoms with Gasteiger partial charge in [-0.2, -0.15) is 0 Å². The molecule has 2 aliphatic rings. The summed E-state index contributed by atoms with van der Waals surface area (Å²) in [4.78, 5) is 27.5. The molecule has 2 heterocycles. The van der Waals surface area contributed by atoms with Crippen LogP contribution in [0, 0.1) is 0 Å². The quantitative estimate of drug-likeness (QED) is 0.835. The molecular weight excluding hydrogens is 390 g/mol. The first-order valence-corrected chi connectivity index (χ1v) is 9.62. The average Bonchev–Trinajstić information content (AvgIpc) is 2.98. The van der Waals surface area contributed by atoms with E-state index in [2.05, 4.69) is 14.8 Å². The van der Waals surface area contributed by atoms with Gasteiger partial charge in [-0.25, -0.2) is 0 Å². The number of benzene rings is 2. The zero-order valence-electron chi connectivity index (χ0n) is 14.6. The Balaban J connectivity index is 1.34. The number of carbonyl (C=O) groups is 2. The molecule has 2 aromatic carbocycles. The van der Waals surface area contributed by atoms with Gasteiger partial charge in [0, 0.05) is 41.8 Å². The lowest BCUT2D eigenvalue weighted by atomic mass is 10.2. The summed E-state index contributed by atoms with van der Waals surface area (Å²) in [5.41, 5.74) is 1.15. The molecule has 0 aromatic heterocycles. The number of alkyl halides is 2. The maximum Gasteiger partial charge on any atom is 0.586 e. The Bertz CT molecular complexity index is 938. The molecule has 0 spiro atoms. The highest BCUT2D eigenvalue weighted by atomic mass is 32.2. The fraction of sp³-hybridized carbons (Fsp3) is 0.263. The van der Waals surface area contributed by atoms with Gasteiger partial charge in [0.25, 0.3) is 0 Å². The second-order valence-corrected chi connectivity index (χ2v) is 7.38. The predicted octanol–water partition coefficient (Wildman–Crippen LogP) is 3.87. The number of rotatable bonds is 4. The molecule has 0 fully saturated rings. The van der Waals surface area contributed by atoms with Crippen molar-refractivity contribution in [3.05, 3.63) is 42.5 Å². The van der Waals surface area contributed by atoms with E-state index in [1.165, 1.54) is 18.2 Å². The average molecular weight is 406 g/mol. The molecular formula is C19H16F2N2O4S. The number of amides is 2. The maximum absolute atomic E-state index is 13.0. The second-order valence-electron chi connectivity index (χ2n) is 6.24. The predicted molar refractivity (Wildman–Crippen MR) is 100 cm³/mol. The number of nitrogens with zero attached hydrogens (tertiary/aromatic N) is 1. The first kappa shape index (κ1) is 18.5. The Morgan fingerprint density at radius 1 is 1.11 bits per heavy atom. The molecule has 1 N–H and O–H groups in total. The van der Waals surface area contributed by atoms with E-state index in [-0.39, 0.29) is 35.9 Å². The van der Waals surface area contributed by atoms with E-state index in [1.807, 2.05) is 24.3 Å². The number of halogens is 2. The standard InChI is InChI=1S/C19H16F2N2O4S/c20-19(21)26-14-6-5-12(11-15(14)27-19)22-17(24)7-8-18(25)23-9-10-28-16-4-2-1-3-13(16)23/h1-6,11H,7-10H2,(H,22,24). The third-order valence-corrected chi connectivity index (χ3v) is 5.32. The van der Waals surface area contributed by atoms with Crippen LogP contribution in [0.15, 0.2) is 47.4 Å². The molecule has 0 bridgehead atoms. The van der Waals surface area contributed by atoms with Crippen molar-refractivity contribution < 1.29 is 27.8 Å². The van der Waals surface area contributed by atoms with Crippen molar-refractivity contribution in [1.82, 2.24) is 0 Å². The van der Waals surface area contributed by atoms with Crippen LogP contribution in [-0.4, -0.2) is 30.4 Å². The molecule has 146 valence electrons. The second kappa shape index (κ2) is 7.31. The zero-order valence-corrected chi connectivity index (χ0v) is 15.4. The van der Waals surface area contributed by atoms with Gasteiger partial charge < -0.3 is 19.7 Å². The van der Waals surface area contributed by atoms with Gasteiger partial charge in [0.2, 0.25) is 11.8 Å². The van der Waals surface area contributed by atoms with Gasteiger partial charge in [-0.1, -0.05) is 12.1 Å². The Morgan fingerprint density at radius 2 is 1.89 bits per heavy atom. The largest absolute Gasteiger partial charge is 0.586 e. The molecule has 0 atom stereocenters. The molecule has 0 saturated carbocycles. The van der Waals surface area contributed by atoms with Crippen LogP contribution in [-0.2, 0) is 9.59 Å². The Kier molecular flexibility index (Phi) is 4.84. The number of fused-ring (bicyclic) bond motifs is 2. The Morgan fingerprint density at radius 3 is 2.75 bits per heavy atom. The van der Waals surface area contributed by atoms with Crippen molar-refractivity contribution in [2.24, 2.45) is 0 Å². The normalized spacial score (nSPS) is 16.4. The van der Waals surface area contributed by atoms with Gasteiger partial charge >= 0.3 is 6.29 Å². The fourth-order valence-electron chi connectivity index (χ4n) is 3.03. The number of hydrogen-bond donors (Lipinski definition) is 1. The number of carbonyl (C=O) groups excluding carboxylic acids is 2. The van der Waals surface area contributed by atoms with Crippen LogP contribution in [0.3, 0.4) is 0 Å². The first-order valence-electron chi connectivity index (χ1n) is 8.63. The highest BCUT2D eigenvalue weighted by molar-refractivity contribution is 7.99. The SMILES string of the molecule is O=C(CCC(=O)N1CCSc2ccccc21)Nc1ccc2c(c1)OC(F)(F)O2. The molecule has 0 radical (unpaired) electrons. The number of nitrogens with one attached hydrogen (secondary N) is 1. The van der Waals surface area contributed by atoms with Crippen molar-refractivity contribution in [1.29, 1.82) is 0 Å². The Labute approximate surface area is 163 Å². The minimum absolute atomic E-state index is 0.0186. The molecule has 0 saturated heterocycles. The molecule has 2 aliphatic heterocycles. The topological polar surface area (TPSA) is 67.9 Å². The minimum atomic E-state index is -3.71. The van der Waals surface area contributed by atoms with E-state index in [0.717, 1.165) is 16.3 Å². The Hall–Kier alpha value is -2.81. The van der Waals surface area contributed by atoms with Crippen molar-refractivity contribution in [2.45, 2.75) is 24.0 Å². The summed E-state index contributed by atoms with van der Waals surface area (Å²) < 4.78 is 34.8. The third kappa shape index (κ3) is 3.89. The molecule has 28 heavy (non-hydrogen) atoms. The third-order valence-electron chi connectivity index (χ3n) is 4.28. The van der Waals surface area contributed by atoms with Gasteiger partial charge in [0.15, 0.2) is 11.5 Å². The van der Waals surface area contributed by atoms with Gasteiger partial charge in [-0.15, -0.1) is 20.5 Å². The highest BCUT2D eigenvalue weighted by Gasteiger charge is 2.43. The number of ether oxygens (including phenoxy) is 2. The van der Waals surface area contributed by atoms with E-state index < -0.39 is 12.2 Å².